The van der Waals surface area contributed by atoms with Gasteiger partial charge in [-0.15, -0.1) is 0 Å². The van der Waals surface area contributed by atoms with Crippen LogP contribution in [0, 0.1) is 0 Å². The van der Waals surface area contributed by atoms with Gasteiger partial charge in [-0.3, -0.25) is 33.6 Å². The van der Waals surface area contributed by atoms with Gasteiger partial charge >= 0.3 is 17.9 Å². The predicted octanol–water partition coefficient (Wildman–Crippen LogP) is -4.09. The number of rotatable bonds is 21. The van der Waals surface area contributed by atoms with Crippen molar-refractivity contribution in [3.05, 3.63) is 29.8 Å². The Bertz CT molecular complexity index is 1380. The van der Waals surface area contributed by atoms with E-state index in [2.05, 4.69) is 31.9 Å². The molecular formula is C30H42N6O14. The molecule has 20 nitrogen and oxygen atoms in total. The Morgan fingerprint density at radius 1 is 0.660 bits per heavy atom. The highest BCUT2D eigenvalue weighted by Crippen LogP contribution is 2.12. The third-order valence-corrected chi connectivity index (χ3v) is 7.56. The molecule has 5 amide bonds. The molecule has 0 bridgehead atoms. The Labute approximate surface area is 285 Å². The molecule has 1 fully saturated rings. The third-order valence-electron chi connectivity index (χ3n) is 7.56. The largest absolute Gasteiger partial charge is 0.508 e. The van der Waals surface area contributed by atoms with Gasteiger partial charge in [0.15, 0.2) is 0 Å². The fourth-order valence-electron chi connectivity index (χ4n) is 4.80. The van der Waals surface area contributed by atoms with Crippen LogP contribution in [0.3, 0.4) is 0 Å². The lowest BCUT2D eigenvalue weighted by Gasteiger charge is -2.26. The molecule has 6 atom stereocenters. The van der Waals surface area contributed by atoms with Crippen molar-refractivity contribution in [3.63, 3.8) is 0 Å². The smallest absolute Gasteiger partial charge is 0.326 e. The van der Waals surface area contributed by atoms with Crippen molar-refractivity contribution >= 4 is 47.4 Å². The molecule has 1 aliphatic heterocycles. The second kappa shape index (κ2) is 20.2. The quantitative estimate of drug-likeness (QED) is 0.0577. The molecule has 1 aromatic rings. The molecule has 2 rings (SSSR count). The van der Waals surface area contributed by atoms with Crippen LogP contribution >= 0.6 is 0 Å². The van der Waals surface area contributed by atoms with Crippen LogP contribution in [-0.4, -0.2) is 134 Å². The molecule has 1 saturated heterocycles. The van der Waals surface area contributed by atoms with Crippen molar-refractivity contribution in [1.82, 2.24) is 31.9 Å². The fourth-order valence-corrected chi connectivity index (χ4v) is 4.80. The van der Waals surface area contributed by atoms with E-state index in [9.17, 15) is 58.8 Å². The highest BCUT2D eigenvalue weighted by molar-refractivity contribution is 5.96. The molecule has 1 aromatic carbocycles. The Kier molecular flexibility index (Phi) is 16.5. The first kappa shape index (κ1) is 40.8. The number of hydrogen-bond donors (Lipinski definition) is 12. The second-order valence-electron chi connectivity index (χ2n) is 11.4. The topological polar surface area (TPSA) is 330 Å². The van der Waals surface area contributed by atoms with Crippen molar-refractivity contribution < 1.29 is 69.0 Å². The molecule has 1 aliphatic rings. The van der Waals surface area contributed by atoms with E-state index in [1.54, 1.807) is 0 Å². The van der Waals surface area contributed by atoms with Crippen LogP contribution in [0.4, 0.5) is 0 Å². The van der Waals surface area contributed by atoms with Crippen LogP contribution in [-0.2, 0) is 44.8 Å². The summed E-state index contributed by atoms with van der Waals surface area (Å²) >= 11 is 0. The lowest BCUT2D eigenvalue weighted by molar-refractivity contribution is -0.142. The number of amides is 5. The summed E-state index contributed by atoms with van der Waals surface area (Å²) in [5.41, 5.74) is 0.420. The Morgan fingerprint density at radius 2 is 1.10 bits per heavy atom. The molecule has 0 aliphatic carbocycles. The summed E-state index contributed by atoms with van der Waals surface area (Å²) in [5, 5.41) is 70.9. The molecule has 50 heavy (non-hydrogen) atoms. The van der Waals surface area contributed by atoms with Gasteiger partial charge in [0.25, 0.3) is 0 Å². The summed E-state index contributed by atoms with van der Waals surface area (Å²) in [6, 6.07) is -3.41. The number of phenolic OH excluding ortho intramolecular Hbond substituents is 1. The van der Waals surface area contributed by atoms with Gasteiger partial charge in [-0.2, -0.15) is 0 Å². The lowest BCUT2D eigenvalue weighted by Crippen LogP contribution is -2.60. The monoisotopic (exact) mass is 710 g/mol. The number of aromatic hydroxyl groups is 1. The van der Waals surface area contributed by atoms with Gasteiger partial charge < -0.3 is 62.5 Å². The molecule has 0 unspecified atom stereocenters. The van der Waals surface area contributed by atoms with Crippen molar-refractivity contribution in [2.24, 2.45) is 0 Å². The Hall–Kier alpha value is -5.34. The maximum atomic E-state index is 13.1. The van der Waals surface area contributed by atoms with E-state index in [1.165, 1.54) is 24.3 Å². The number of carbonyl (C=O) groups is 8. The van der Waals surface area contributed by atoms with E-state index >= 15 is 0 Å². The van der Waals surface area contributed by atoms with Crippen molar-refractivity contribution in [2.75, 3.05) is 19.8 Å². The number of carbonyl (C=O) groups excluding carboxylic acids is 5. The highest BCUT2D eigenvalue weighted by atomic mass is 16.4. The standard InChI is InChI=1S/C30H42N6O14/c37-13-21(35-26(45)18(7-9-23(40)41)32-25(44)17-2-1-11-31-17)28(47)33-19(8-10-24(42)43)27(46)36-22(14-38)29(48)34-20(30(49)50)12-15-3-5-16(39)6-4-15/h3-6,17-22,31,37-39H,1-2,7-14H2,(H,32,44)(H,33,47)(H,34,48)(H,35,45)(H,36,46)(H,40,41)(H,42,43)(H,49,50)/t17-,18-,19-,20-,21-,22-/m0/s1. The fraction of sp³-hybridized carbons (Fsp3) is 0.533. The first-order valence-corrected chi connectivity index (χ1v) is 15.6. The number of aliphatic carboxylic acids is 3. The van der Waals surface area contributed by atoms with Crippen LogP contribution < -0.4 is 31.9 Å². The predicted molar refractivity (Wildman–Crippen MR) is 168 cm³/mol. The van der Waals surface area contributed by atoms with Gasteiger partial charge in [-0.05, 0) is 49.9 Å². The average Bonchev–Trinajstić information content (AvgIpc) is 3.61. The van der Waals surface area contributed by atoms with Crippen molar-refractivity contribution in [2.45, 2.75) is 81.2 Å². The number of phenols is 1. The number of benzene rings is 1. The highest BCUT2D eigenvalue weighted by Gasteiger charge is 2.33. The molecule has 1 heterocycles. The van der Waals surface area contributed by atoms with Crippen LogP contribution in [0.15, 0.2) is 24.3 Å². The van der Waals surface area contributed by atoms with Crippen LogP contribution in [0.1, 0.15) is 44.1 Å². The number of aliphatic hydroxyl groups is 2. The van der Waals surface area contributed by atoms with E-state index in [0.29, 0.717) is 24.9 Å². The molecule has 0 saturated carbocycles. The van der Waals surface area contributed by atoms with E-state index in [1.807, 2.05) is 0 Å². The summed E-state index contributed by atoms with van der Waals surface area (Å²) in [4.78, 5) is 98.9. The molecule has 20 heteroatoms. The van der Waals surface area contributed by atoms with Crippen molar-refractivity contribution in [3.8, 4) is 5.75 Å². The minimum absolute atomic E-state index is 0.0781. The van der Waals surface area contributed by atoms with Gasteiger partial charge in [0, 0.05) is 19.3 Å². The SMILES string of the molecule is O=C(O)CC[C@H](NC(=O)[C@@H]1CCCN1)C(=O)N[C@@H](CO)C(=O)N[C@@H](CCC(=O)O)C(=O)N[C@@H](CO)C(=O)N[C@@H](Cc1ccc(O)cc1)C(=O)O. The van der Waals surface area contributed by atoms with Crippen LogP contribution in [0.2, 0.25) is 0 Å². The van der Waals surface area contributed by atoms with Gasteiger partial charge in [0.05, 0.1) is 19.3 Å². The number of carboxylic acid groups (broad SMARTS) is 3. The van der Waals surface area contributed by atoms with Gasteiger partial charge in [-0.25, -0.2) is 4.79 Å². The van der Waals surface area contributed by atoms with E-state index in [0.717, 1.165) is 0 Å². The maximum Gasteiger partial charge on any atom is 0.326 e. The van der Waals surface area contributed by atoms with Gasteiger partial charge in [-0.1, -0.05) is 12.1 Å². The first-order valence-electron chi connectivity index (χ1n) is 15.6. The zero-order chi connectivity index (χ0) is 37.4. The Morgan fingerprint density at radius 3 is 1.52 bits per heavy atom. The summed E-state index contributed by atoms with van der Waals surface area (Å²) in [7, 11) is 0. The summed E-state index contributed by atoms with van der Waals surface area (Å²) in [5.74, 6) is -9.33. The number of hydrogen-bond acceptors (Lipinski definition) is 12. The first-order chi connectivity index (χ1) is 23.6. The second-order valence-corrected chi connectivity index (χ2v) is 11.4. The summed E-state index contributed by atoms with van der Waals surface area (Å²) in [6.07, 6.45) is -1.23. The van der Waals surface area contributed by atoms with Gasteiger partial charge in [0.2, 0.25) is 29.5 Å². The zero-order valence-corrected chi connectivity index (χ0v) is 26.8. The van der Waals surface area contributed by atoms with E-state index in [4.69, 9.17) is 10.2 Å². The van der Waals surface area contributed by atoms with Crippen molar-refractivity contribution in [1.29, 1.82) is 0 Å². The summed E-state index contributed by atoms with van der Waals surface area (Å²) < 4.78 is 0. The van der Waals surface area contributed by atoms with Crippen LogP contribution in [0.25, 0.3) is 0 Å². The minimum Gasteiger partial charge on any atom is -0.508 e. The van der Waals surface area contributed by atoms with E-state index in [-0.39, 0.29) is 18.6 Å². The molecule has 12 N–H and O–H groups in total. The molecular weight excluding hydrogens is 668 g/mol. The molecule has 0 radical (unpaired) electrons. The lowest BCUT2D eigenvalue weighted by atomic mass is 10.1. The maximum absolute atomic E-state index is 13.1. The molecule has 0 spiro atoms. The minimum atomic E-state index is -1.77. The number of carboxylic acids is 3. The van der Waals surface area contributed by atoms with Gasteiger partial charge in [0.1, 0.15) is 36.0 Å². The zero-order valence-electron chi connectivity index (χ0n) is 26.8. The third kappa shape index (κ3) is 13.6. The summed E-state index contributed by atoms with van der Waals surface area (Å²) in [6.45, 7) is -1.53. The molecule has 276 valence electrons. The van der Waals surface area contributed by atoms with Crippen LogP contribution in [0.5, 0.6) is 5.75 Å². The average molecular weight is 711 g/mol. The van der Waals surface area contributed by atoms with E-state index < -0.39 is 116 Å². The number of aliphatic hydroxyl groups excluding tert-OH is 2. The molecule has 0 aromatic heterocycles. The Balaban J connectivity index is 2.13. The normalized spacial score (nSPS) is 16.8. The number of nitrogens with one attached hydrogen (secondary N) is 6.